The molecule has 1 aromatic carbocycles. The Morgan fingerprint density at radius 3 is 2.78 bits per heavy atom. The van der Waals surface area contributed by atoms with Gasteiger partial charge in [0.05, 0.1) is 6.61 Å². The summed E-state index contributed by atoms with van der Waals surface area (Å²) in [5.41, 5.74) is 1.20. The molecule has 0 aliphatic rings. The Morgan fingerprint density at radius 1 is 1.33 bits per heavy atom. The third-order valence-corrected chi connectivity index (χ3v) is 2.64. The van der Waals surface area contributed by atoms with Gasteiger partial charge in [0.15, 0.2) is 6.61 Å². The first-order valence-corrected chi connectivity index (χ1v) is 6.52. The van der Waals surface area contributed by atoms with Crippen molar-refractivity contribution < 1.29 is 14.3 Å². The van der Waals surface area contributed by atoms with Gasteiger partial charge < -0.3 is 9.47 Å². The Labute approximate surface area is 109 Å². The lowest BCUT2D eigenvalue weighted by molar-refractivity contribution is -0.146. The second kappa shape index (κ2) is 7.75. The number of hydrogen-bond donors (Lipinski definition) is 0. The third kappa shape index (κ3) is 5.21. The van der Waals surface area contributed by atoms with Crippen molar-refractivity contribution >= 4 is 5.97 Å². The Bertz CT molecular complexity index is 372. The van der Waals surface area contributed by atoms with Crippen molar-refractivity contribution in [1.29, 1.82) is 0 Å². The van der Waals surface area contributed by atoms with Crippen molar-refractivity contribution in [3.05, 3.63) is 29.8 Å². The van der Waals surface area contributed by atoms with Gasteiger partial charge in [0.25, 0.3) is 0 Å². The molecule has 1 rings (SSSR count). The lowest BCUT2D eigenvalue weighted by Gasteiger charge is -2.09. The van der Waals surface area contributed by atoms with Gasteiger partial charge in [-0.05, 0) is 30.0 Å². The molecule has 0 aliphatic heterocycles. The first-order valence-electron chi connectivity index (χ1n) is 6.52. The molecule has 100 valence electrons. The number of unbranched alkanes of at least 4 members (excludes halogenated alkanes) is 1. The van der Waals surface area contributed by atoms with E-state index in [1.54, 1.807) is 0 Å². The average molecular weight is 250 g/mol. The molecule has 0 saturated carbocycles. The molecule has 0 N–H and O–H groups in total. The van der Waals surface area contributed by atoms with Crippen LogP contribution in [0, 0.1) is 0 Å². The minimum absolute atomic E-state index is 0.0226. The van der Waals surface area contributed by atoms with Gasteiger partial charge >= 0.3 is 5.97 Å². The minimum atomic E-state index is -0.307. The van der Waals surface area contributed by atoms with Gasteiger partial charge in [-0.15, -0.1) is 0 Å². The molecule has 0 aromatic heterocycles. The number of benzene rings is 1. The number of ether oxygens (including phenoxy) is 2. The third-order valence-electron chi connectivity index (χ3n) is 2.64. The zero-order valence-corrected chi connectivity index (χ0v) is 11.4. The molecule has 3 nitrogen and oxygen atoms in total. The van der Waals surface area contributed by atoms with Crippen LogP contribution in [-0.4, -0.2) is 19.2 Å². The normalized spacial score (nSPS) is 10.4. The average Bonchev–Trinajstić information content (AvgIpc) is 2.37. The van der Waals surface area contributed by atoms with E-state index in [0.717, 1.165) is 12.8 Å². The molecule has 0 amide bonds. The number of rotatable bonds is 7. The van der Waals surface area contributed by atoms with Crippen LogP contribution in [0.3, 0.4) is 0 Å². The monoisotopic (exact) mass is 250 g/mol. The maximum absolute atomic E-state index is 11.4. The molecule has 0 fully saturated rings. The maximum atomic E-state index is 11.4. The van der Waals surface area contributed by atoms with Gasteiger partial charge in [0.1, 0.15) is 5.75 Å². The molecular formula is C15H22O3. The Kier molecular flexibility index (Phi) is 6.26. The van der Waals surface area contributed by atoms with Crippen LogP contribution < -0.4 is 4.74 Å². The van der Waals surface area contributed by atoms with E-state index >= 15 is 0 Å². The van der Waals surface area contributed by atoms with Gasteiger partial charge in [-0.25, -0.2) is 4.79 Å². The lowest BCUT2D eigenvalue weighted by atomic mass is 10.0. The number of carbonyl (C=O) groups excluding carboxylic acids is 1. The summed E-state index contributed by atoms with van der Waals surface area (Å²) in [4.78, 5) is 11.4. The highest BCUT2D eigenvalue weighted by molar-refractivity contribution is 5.71. The molecule has 1 aromatic rings. The molecule has 0 unspecified atom stereocenters. The van der Waals surface area contributed by atoms with Crippen molar-refractivity contribution in [3.8, 4) is 5.75 Å². The molecule has 0 aliphatic carbocycles. The van der Waals surface area contributed by atoms with E-state index in [4.69, 9.17) is 9.47 Å². The molecule has 0 atom stereocenters. The zero-order chi connectivity index (χ0) is 13.4. The largest absolute Gasteiger partial charge is 0.482 e. The van der Waals surface area contributed by atoms with Crippen LogP contribution in [-0.2, 0) is 9.53 Å². The topological polar surface area (TPSA) is 35.5 Å². The summed E-state index contributed by atoms with van der Waals surface area (Å²) >= 11 is 0. The summed E-state index contributed by atoms with van der Waals surface area (Å²) < 4.78 is 10.4. The minimum Gasteiger partial charge on any atom is -0.482 e. The van der Waals surface area contributed by atoms with E-state index in [1.165, 1.54) is 5.56 Å². The Morgan fingerprint density at radius 2 is 2.11 bits per heavy atom. The van der Waals surface area contributed by atoms with Crippen molar-refractivity contribution in [1.82, 2.24) is 0 Å². The summed E-state index contributed by atoms with van der Waals surface area (Å²) in [6.45, 7) is 6.76. The first-order chi connectivity index (χ1) is 8.63. The maximum Gasteiger partial charge on any atom is 0.344 e. The van der Waals surface area contributed by atoms with E-state index in [9.17, 15) is 4.79 Å². The van der Waals surface area contributed by atoms with E-state index in [2.05, 4.69) is 26.8 Å². The molecule has 18 heavy (non-hydrogen) atoms. The molecule has 0 bridgehead atoms. The van der Waals surface area contributed by atoms with Gasteiger partial charge in [0, 0.05) is 0 Å². The quantitative estimate of drug-likeness (QED) is 0.548. The predicted octanol–water partition coefficient (Wildman–Crippen LogP) is 3.53. The summed E-state index contributed by atoms with van der Waals surface area (Å²) in [5, 5.41) is 0. The van der Waals surface area contributed by atoms with Crippen LogP contribution in [0.4, 0.5) is 0 Å². The fourth-order valence-corrected chi connectivity index (χ4v) is 1.48. The van der Waals surface area contributed by atoms with Gasteiger partial charge in [0.2, 0.25) is 0 Å². The van der Waals surface area contributed by atoms with Gasteiger partial charge in [-0.3, -0.25) is 0 Å². The molecule has 3 heteroatoms. The van der Waals surface area contributed by atoms with Gasteiger partial charge in [-0.1, -0.05) is 39.3 Å². The summed E-state index contributed by atoms with van der Waals surface area (Å²) in [6, 6.07) is 7.80. The molecule has 0 radical (unpaired) electrons. The molecule has 0 spiro atoms. The van der Waals surface area contributed by atoms with Crippen molar-refractivity contribution in [2.24, 2.45) is 0 Å². The first kappa shape index (κ1) is 14.6. The van der Waals surface area contributed by atoms with Crippen LogP contribution >= 0.6 is 0 Å². The summed E-state index contributed by atoms with van der Waals surface area (Å²) in [7, 11) is 0. The number of esters is 1. The fraction of sp³-hybridized carbons (Fsp3) is 0.533. The standard InChI is InChI=1S/C15H22O3/c1-4-5-9-17-15(16)11-18-14-8-6-7-13(10-14)12(2)3/h6-8,10,12H,4-5,9,11H2,1-3H3. The van der Waals surface area contributed by atoms with Crippen LogP contribution in [0.1, 0.15) is 45.1 Å². The van der Waals surface area contributed by atoms with Crippen LogP contribution in [0.2, 0.25) is 0 Å². The summed E-state index contributed by atoms with van der Waals surface area (Å²) in [5.74, 6) is 0.858. The zero-order valence-electron chi connectivity index (χ0n) is 11.4. The molecular weight excluding hydrogens is 228 g/mol. The number of hydrogen-bond acceptors (Lipinski definition) is 3. The van der Waals surface area contributed by atoms with E-state index < -0.39 is 0 Å². The lowest BCUT2D eigenvalue weighted by Crippen LogP contribution is -2.15. The van der Waals surface area contributed by atoms with Crippen molar-refractivity contribution in [3.63, 3.8) is 0 Å². The SMILES string of the molecule is CCCCOC(=O)COc1cccc(C(C)C)c1. The molecule has 0 heterocycles. The highest BCUT2D eigenvalue weighted by atomic mass is 16.6. The number of carbonyl (C=O) groups is 1. The van der Waals surface area contributed by atoms with Crippen LogP contribution in [0.25, 0.3) is 0 Å². The second-order valence-electron chi connectivity index (χ2n) is 4.59. The van der Waals surface area contributed by atoms with Crippen LogP contribution in [0.15, 0.2) is 24.3 Å². The Balaban J connectivity index is 2.38. The van der Waals surface area contributed by atoms with E-state index in [0.29, 0.717) is 18.3 Å². The van der Waals surface area contributed by atoms with Crippen molar-refractivity contribution in [2.75, 3.05) is 13.2 Å². The van der Waals surface area contributed by atoms with Gasteiger partial charge in [-0.2, -0.15) is 0 Å². The van der Waals surface area contributed by atoms with Crippen LogP contribution in [0.5, 0.6) is 5.75 Å². The highest BCUT2D eigenvalue weighted by Crippen LogP contribution is 2.19. The van der Waals surface area contributed by atoms with E-state index in [1.807, 2.05) is 18.2 Å². The summed E-state index contributed by atoms with van der Waals surface area (Å²) in [6.07, 6.45) is 1.92. The van der Waals surface area contributed by atoms with E-state index in [-0.39, 0.29) is 12.6 Å². The second-order valence-corrected chi connectivity index (χ2v) is 4.59. The predicted molar refractivity (Wildman–Crippen MR) is 71.9 cm³/mol. The highest BCUT2D eigenvalue weighted by Gasteiger charge is 2.05. The fourth-order valence-electron chi connectivity index (χ4n) is 1.48. The Hall–Kier alpha value is -1.51. The molecule has 0 saturated heterocycles. The van der Waals surface area contributed by atoms with Crippen molar-refractivity contribution in [2.45, 2.75) is 39.5 Å². The smallest absolute Gasteiger partial charge is 0.344 e.